The minimum atomic E-state index is -1.25. The predicted molar refractivity (Wildman–Crippen MR) is 121 cm³/mol. The van der Waals surface area contributed by atoms with E-state index < -0.39 is 48.6 Å². The third-order valence-electron chi connectivity index (χ3n) is 5.42. The Labute approximate surface area is 191 Å². The van der Waals surface area contributed by atoms with Gasteiger partial charge in [-0.25, -0.2) is 4.79 Å². The molecule has 2 rings (SSSR count). The SMILES string of the molecule is COc1ccc(C(C=NCC(=O)N[C@@H]2C(C)C=C(C(=O)O)OC2C(C)C(O)CO)=NN)cc1. The van der Waals surface area contributed by atoms with Gasteiger partial charge in [-0.3, -0.25) is 9.79 Å². The molecule has 0 radical (unpaired) electrons. The number of amides is 1. The summed E-state index contributed by atoms with van der Waals surface area (Å²) in [6.07, 6.45) is 0.751. The van der Waals surface area contributed by atoms with E-state index in [2.05, 4.69) is 15.4 Å². The second-order valence-electron chi connectivity index (χ2n) is 7.69. The maximum Gasteiger partial charge on any atom is 0.370 e. The molecule has 1 aromatic carbocycles. The van der Waals surface area contributed by atoms with E-state index in [0.29, 0.717) is 17.0 Å². The minimum Gasteiger partial charge on any atom is -0.497 e. The summed E-state index contributed by atoms with van der Waals surface area (Å²) in [6.45, 7) is 2.57. The van der Waals surface area contributed by atoms with E-state index >= 15 is 0 Å². The lowest BCUT2D eigenvalue weighted by Gasteiger charge is -2.39. The lowest BCUT2D eigenvalue weighted by atomic mass is 9.84. The molecule has 11 heteroatoms. The molecule has 1 heterocycles. The van der Waals surface area contributed by atoms with Crippen molar-refractivity contribution < 1.29 is 34.4 Å². The zero-order chi connectivity index (χ0) is 24.5. The quantitative estimate of drug-likeness (QED) is 0.182. The molecule has 0 spiro atoms. The fourth-order valence-corrected chi connectivity index (χ4v) is 3.45. The van der Waals surface area contributed by atoms with Crippen molar-refractivity contribution in [3.8, 4) is 5.75 Å². The Hall–Kier alpha value is -3.44. The summed E-state index contributed by atoms with van der Waals surface area (Å²) in [5.74, 6) is 3.09. The molecule has 0 aromatic heterocycles. The Morgan fingerprint density at radius 1 is 1.33 bits per heavy atom. The molecule has 180 valence electrons. The molecule has 0 aliphatic carbocycles. The molecule has 0 fully saturated rings. The molecule has 1 aliphatic heterocycles. The fourth-order valence-electron chi connectivity index (χ4n) is 3.45. The summed E-state index contributed by atoms with van der Waals surface area (Å²) in [4.78, 5) is 28.0. The third kappa shape index (κ3) is 6.77. The molecule has 6 N–H and O–H groups in total. The number of carbonyl (C=O) groups excluding carboxylic acids is 1. The number of hydrogen-bond acceptors (Lipinski definition) is 9. The standard InChI is InChI=1S/C22H30N4O7/c1-12-8-18(22(30)31)33-21(13(2)17(28)11-27)20(12)25-19(29)10-24-9-16(26-23)14-4-6-15(32-3)7-5-14/h4-9,12-13,17,20-21,27-28H,10-11,23H2,1-3H3,(H,25,29)(H,30,31)/t12?,13?,17?,20-,21?/m1/s1. The first-order valence-corrected chi connectivity index (χ1v) is 10.3. The first-order valence-electron chi connectivity index (χ1n) is 10.3. The van der Waals surface area contributed by atoms with Crippen LogP contribution in [0.4, 0.5) is 0 Å². The van der Waals surface area contributed by atoms with Gasteiger partial charge in [-0.15, -0.1) is 0 Å². The Kier molecular flexibility index (Phi) is 9.37. The van der Waals surface area contributed by atoms with Crippen molar-refractivity contribution in [2.24, 2.45) is 27.8 Å². The zero-order valence-corrected chi connectivity index (χ0v) is 18.7. The molecule has 33 heavy (non-hydrogen) atoms. The van der Waals surface area contributed by atoms with Gasteiger partial charge in [0.05, 0.1) is 25.9 Å². The highest BCUT2D eigenvalue weighted by atomic mass is 16.5. The van der Waals surface area contributed by atoms with Crippen LogP contribution >= 0.6 is 0 Å². The first kappa shape index (κ1) is 25.8. The van der Waals surface area contributed by atoms with Crippen molar-refractivity contribution in [3.05, 3.63) is 41.7 Å². The van der Waals surface area contributed by atoms with Crippen LogP contribution < -0.4 is 15.9 Å². The highest BCUT2D eigenvalue weighted by Crippen LogP contribution is 2.29. The van der Waals surface area contributed by atoms with Gasteiger partial charge in [0.2, 0.25) is 11.7 Å². The lowest BCUT2D eigenvalue weighted by molar-refractivity contribution is -0.141. The summed E-state index contributed by atoms with van der Waals surface area (Å²) >= 11 is 0. The van der Waals surface area contributed by atoms with Gasteiger partial charge in [-0.1, -0.05) is 13.8 Å². The number of nitrogens with one attached hydrogen (secondary N) is 1. The smallest absolute Gasteiger partial charge is 0.370 e. The number of aliphatic hydroxyl groups excluding tert-OH is 2. The normalized spacial score (nSPS) is 22.8. The van der Waals surface area contributed by atoms with Gasteiger partial charge < -0.3 is 36.0 Å². The number of carboxylic acid groups (broad SMARTS) is 1. The minimum absolute atomic E-state index is 0.239. The molecule has 1 aromatic rings. The van der Waals surface area contributed by atoms with Crippen LogP contribution in [0.3, 0.4) is 0 Å². The second kappa shape index (κ2) is 12.0. The van der Waals surface area contributed by atoms with E-state index in [1.165, 1.54) is 12.3 Å². The van der Waals surface area contributed by atoms with Gasteiger partial charge in [0.25, 0.3) is 0 Å². The number of ether oxygens (including phenoxy) is 2. The summed E-state index contributed by atoms with van der Waals surface area (Å²) in [6, 6.07) is 6.35. The number of nitrogens with zero attached hydrogens (tertiary/aromatic N) is 2. The predicted octanol–water partition coefficient (Wildman–Crippen LogP) is -0.0937. The summed E-state index contributed by atoms with van der Waals surface area (Å²) in [5.41, 5.74) is 1.06. The lowest BCUT2D eigenvalue weighted by Crippen LogP contribution is -2.55. The Bertz CT molecular complexity index is 914. The Morgan fingerprint density at radius 2 is 2.00 bits per heavy atom. The number of carbonyl (C=O) groups is 2. The van der Waals surface area contributed by atoms with E-state index in [1.807, 2.05) is 0 Å². The number of hydrazone groups is 1. The van der Waals surface area contributed by atoms with Crippen molar-refractivity contribution in [2.45, 2.75) is 32.1 Å². The Balaban J connectivity index is 2.09. The van der Waals surface area contributed by atoms with Crippen LogP contribution in [0.25, 0.3) is 0 Å². The molecular weight excluding hydrogens is 432 g/mol. The number of nitrogens with two attached hydrogens (primary N) is 1. The number of aliphatic imine (C=N–C) groups is 1. The molecule has 4 unspecified atom stereocenters. The maximum absolute atomic E-state index is 12.6. The van der Waals surface area contributed by atoms with Crippen molar-refractivity contribution >= 4 is 23.8 Å². The third-order valence-corrected chi connectivity index (χ3v) is 5.42. The number of aliphatic hydroxyl groups is 2. The average molecular weight is 463 g/mol. The van der Waals surface area contributed by atoms with Crippen molar-refractivity contribution in [1.82, 2.24) is 5.32 Å². The molecule has 11 nitrogen and oxygen atoms in total. The number of aliphatic carboxylic acids is 1. The van der Waals surface area contributed by atoms with Crippen LogP contribution in [-0.2, 0) is 14.3 Å². The van der Waals surface area contributed by atoms with Gasteiger partial charge in [-0.05, 0) is 30.3 Å². The monoisotopic (exact) mass is 462 g/mol. The van der Waals surface area contributed by atoms with E-state index in [-0.39, 0.29) is 12.3 Å². The van der Waals surface area contributed by atoms with Crippen LogP contribution in [-0.4, -0.2) is 77.6 Å². The maximum atomic E-state index is 12.6. The summed E-state index contributed by atoms with van der Waals surface area (Å²) in [5, 5.41) is 35.1. The number of methoxy groups -OCH3 is 1. The van der Waals surface area contributed by atoms with E-state index in [1.54, 1.807) is 45.2 Å². The van der Waals surface area contributed by atoms with Crippen LogP contribution in [0.15, 0.2) is 46.2 Å². The van der Waals surface area contributed by atoms with Crippen LogP contribution in [0.5, 0.6) is 5.75 Å². The number of hydrogen-bond donors (Lipinski definition) is 5. The number of carboxylic acids is 1. The topological polar surface area (TPSA) is 176 Å². The number of rotatable bonds is 10. The van der Waals surface area contributed by atoms with E-state index in [9.17, 15) is 24.9 Å². The Morgan fingerprint density at radius 3 is 2.55 bits per heavy atom. The largest absolute Gasteiger partial charge is 0.497 e. The second-order valence-corrected chi connectivity index (χ2v) is 7.69. The fraction of sp³-hybridized carbons (Fsp3) is 0.455. The van der Waals surface area contributed by atoms with Gasteiger partial charge in [0.1, 0.15) is 24.1 Å². The molecule has 0 bridgehead atoms. The first-order chi connectivity index (χ1) is 15.7. The van der Waals surface area contributed by atoms with E-state index in [0.717, 1.165) is 0 Å². The molecule has 0 saturated heterocycles. The van der Waals surface area contributed by atoms with E-state index in [4.69, 9.17) is 15.3 Å². The number of benzene rings is 1. The average Bonchev–Trinajstić information content (AvgIpc) is 2.81. The molecule has 1 aliphatic rings. The molecule has 0 saturated carbocycles. The highest BCUT2D eigenvalue weighted by molar-refractivity contribution is 6.38. The summed E-state index contributed by atoms with van der Waals surface area (Å²) in [7, 11) is 1.55. The van der Waals surface area contributed by atoms with Gasteiger partial charge in [-0.2, -0.15) is 5.10 Å². The molecule has 1 amide bonds. The van der Waals surface area contributed by atoms with Crippen LogP contribution in [0, 0.1) is 11.8 Å². The molecular formula is C22H30N4O7. The zero-order valence-electron chi connectivity index (χ0n) is 18.7. The van der Waals surface area contributed by atoms with Gasteiger partial charge in [0, 0.05) is 23.6 Å². The van der Waals surface area contributed by atoms with Gasteiger partial charge in [0.15, 0.2) is 0 Å². The van der Waals surface area contributed by atoms with Crippen LogP contribution in [0.2, 0.25) is 0 Å². The van der Waals surface area contributed by atoms with Gasteiger partial charge >= 0.3 is 5.97 Å². The summed E-state index contributed by atoms with van der Waals surface area (Å²) < 4.78 is 10.7. The van der Waals surface area contributed by atoms with Crippen LogP contribution in [0.1, 0.15) is 19.4 Å². The van der Waals surface area contributed by atoms with Crippen molar-refractivity contribution in [3.63, 3.8) is 0 Å². The highest BCUT2D eigenvalue weighted by Gasteiger charge is 2.40. The van der Waals surface area contributed by atoms with Crippen molar-refractivity contribution in [1.29, 1.82) is 0 Å². The van der Waals surface area contributed by atoms with Crippen molar-refractivity contribution in [2.75, 3.05) is 20.3 Å². The molecule has 5 atom stereocenters.